The minimum atomic E-state index is -0.595. The molecule has 2 unspecified atom stereocenters. The minimum absolute atomic E-state index is 0.0356. The normalized spacial score (nSPS) is 18.1. The van der Waals surface area contributed by atoms with Crippen LogP contribution in [0, 0.1) is 0 Å². The maximum atomic E-state index is 11.9. The van der Waals surface area contributed by atoms with Crippen LogP contribution in [0.1, 0.15) is 50.9 Å². The molecule has 4 amide bonds. The number of hydrogen-bond acceptors (Lipinski definition) is 8. The van der Waals surface area contributed by atoms with Gasteiger partial charge in [0.05, 0.1) is 35.2 Å². The number of aromatic hydroxyl groups is 2. The van der Waals surface area contributed by atoms with E-state index in [0.29, 0.717) is 42.6 Å². The maximum absolute atomic E-state index is 11.9. The van der Waals surface area contributed by atoms with Gasteiger partial charge in [-0.3, -0.25) is 9.59 Å². The lowest BCUT2D eigenvalue weighted by Crippen LogP contribution is -2.44. The molecular weight excluding hydrogens is 680 g/mol. The van der Waals surface area contributed by atoms with Crippen molar-refractivity contribution in [1.29, 1.82) is 0 Å². The van der Waals surface area contributed by atoms with Crippen LogP contribution in [0.4, 0.5) is 9.59 Å². The zero-order valence-electron chi connectivity index (χ0n) is 23.6. The van der Waals surface area contributed by atoms with E-state index in [9.17, 15) is 29.4 Å². The van der Waals surface area contributed by atoms with Gasteiger partial charge in [0.1, 0.15) is 0 Å². The molecule has 4 rings (SSSR count). The number of urea groups is 2. The minimum Gasteiger partial charge on any atom is -0.503 e. The van der Waals surface area contributed by atoms with Gasteiger partial charge in [0.25, 0.3) is 0 Å². The number of methoxy groups -OCH3 is 2. The molecule has 0 aliphatic carbocycles. The van der Waals surface area contributed by atoms with Crippen LogP contribution in [0.15, 0.2) is 55.8 Å². The molecule has 2 atom stereocenters. The molecule has 0 saturated carbocycles. The predicted molar refractivity (Wildman–Crippen MR) is 160 cm³/mol. The smallest absolute Gasteiger partial charge is 0.319 e. The number of allylic oxidation sites excluding steroid dienone is 2. The predicted octanol–water partition coefficient (Wildman–Crippen LogP) is 4.76. The standard InChI is InChI=1S/2C14H15BrN2O4/c2*1-6-11(7(2)18)12(17-14(20)16-6)8-4-9(15)13(19)10(5-8)21-3/h2*4-5,12,19H,1-3H3,(H2,16,17,20). The van der Waals surface area contributed by atoms with Gasteiger partial charge in [0.2, 0.25) is 0 Å². The summed E-state index contributed by atoms with van der Waals surface area (Å²) in [4.78, 5) is 47.1. The van der Waals surface area contributed by atoms with Crippen LogP contribution in [-0.2, 0) is 9.59 Å². The highest BCUT2D eigenvalue weighted by Gasteiger charge is 2.31. The first-order valence-electron chi connectivity index (χ1n) is 12.4. The quantitative estimate of drug-likeness (QED) is 0.249. The summed E-state index contributed by atoms with van der Waals surface area (Å²) in [5.74, 6) is 0.153. The summed E-state index contributed by atoms with van der Waals surface area (Å²) in [6, 6.07) is 4.51. The Morgan fingerprint density at radius 3 is 1.33 bits per heavy atom. The molecule has 2 aromatic carbocycles. The Morgan fingerprint density at radius 1 is 0.714 bits per heavy atom. The van der Waals surface area contributed by atoms with Crippen molar-refractivity contribution in [1.82, 2.24) is 21.3 Å². The van der Waals surface area contributed by atoms with Gasteiger partial charge < -0.3 is 41.0 Å². The van der Waals surface area contributed by atoms with Crippen molar-refractivity contribution in [3.8, 4) is 23.0 Å². The number of phenolic OH excluding ortho intramolecular Hbond substituents is 2. The topological polar surface area (TPSA) is 175 Å². The van der Waals surface area contributed by atoms with Crippen molar-refractivity contribution in [3.05, 3.63) is 66.9 Å². The van der Waals surface area contributed by atoms with Crippen LogP contribution in [-0.4, -0.2) is 48.1 Å². The summed E-state index contributed by atoms with van der Waals surface area (Å²) >= 11 is 6.46. The van der Waals surface area contributed by atoms with Crippen LogP contribution in [0.3, 0.4) is 0 Å². The summed E-state index contributed by atoms with van der Waals surface area (Å²) in [7, 11) is 2.86. The molecule has 0 saturated heterocycles. The van der Waals surface area contributed by atoms with Crippen LogP contribution in [0.5, 0.6) is 23.0 Å². The number of phenols is 2. The SMILES string of the molecule is COc1cc(C2NC(=O)NC(C)=C2C(C)=O)cc(Br)c1O.COc1cc(C2NC(=O)NC(C)=C2C(C)=O)cc(Br)c1O. The highest BCUT2D eigenvalue weighted by molar-refractivity contribution is 9.11. The molecule has 42 heavy (non-hydrogen) atoms. The van der Waals surface area contributed by atoms with Crippen molar-refractivity contribution < 1.29 is 38.9 Å². The summed E-state index contributed by atoms with van der Waals surface area (Å²) in [5.41, 5.74) is 3.23. The summed E-state index contributed by atoms with van der Waals surface area (Å²) in [6.45, 7) is 6.24. The molecule has 2 aromatic rings. The zero-order valence-corrected chi connectivity index (χ0v) is 26.7. The lowest BCUT2D eigenvalue weighted by molar-refractivity contribution is -0.114. The first kappa shape index (κ1) is 32.5. The molecule has 0 spiro atoms. The molecule has 2 heterocycles. The molecule has 0 fully saturated rings. The first-order valence-corrected chi connectivity index (χ1v) is 14.0. The Morgan fingerprint density at radius 2 is 1.05 bits per heavy atom. The molecule has 0 aromatic heterocycles. The number of carbonyl (C=O) groups is 4. The Labute approximate surface area is 258 Å². The maximum Gasteiger partial charge on any atom is 0.319 e. The van der Waals surface area contributed by atoms with Gasteiger partial charge in [-0.15, -0.1) is 0 Å². The monoisotopic (exact) mass is 708 g/mol. The second-order valence-corrected chi connectivity index (χ2v) is 11.1. The van der Waals surface area contributed by atoms with E-state index in [4.69, 9.17) is 9.47 Å². The van der Waals surface area contributed by atoms with Gasteiger partial charge in [0.15, 0.2) is 34.6 Å². The highest BCUT2D eigenvalue weighted by Crippen LogP contribution is 2.40. The molecule has 0 bridgehead atoms. The summed E-state index contributed by atoms with van der Waals surface area (Å²) in [5, 5.41) is 30.3. The molecule has 14 heteroatoms. The number of Topliss-reactive ketones (excluding diaryl/α,β-unsaturated/α-hetero) is 2. The number of amides is 4. The summed E-state index contributed by atoms with van der Waals surface area (Å²) < 4.78 is 11.0. The van der Waals surface area contributed by atoms with Gasteiger partial charge in [-0.05, 0) is 94.9 Å². The van der Waals surface area contributed by atoms with E-state index < -0.39 is 12.1 Å². The third kappa shape index (κ3) is 6.87. The van der Waals surface area contributed by atoms with Gasteiger partial charge in [0, 0.05) is 22.5 Å². The van der Waals surface area contributed by atoms with E-state index in [1.165, 1.54) is 28.1 Å². The number of ketones is 2. The third-order valence-electron chi connectivity index (χ3n) is 6.50. The first-order chi connectivity index (χ1) is 19.7. The fraction of sp³-hybridized carbons (Fsp3) is 0.286. The van der Waals surface area contributed by atoms with Gasteiger partial charge >= 0.3 is 12.1 Å². The Hall–Kier alpha value is -4.04. The second-order valence-electron chi connectivity index (χ2n) is 9.36. The number of carbonyl (C=O) groups excluding carboxylic acids is 4. The van der Waals surface area contributed by atoms with Crippen molar-refractivity contribution in [2.45, 2.75) is 39.8 Å². The van der Waals surface area contributed by atoms with Crippen molar-refractivity contribution >= 4 is 55.5 Å². The molecule has 12 nitrogen and oxygen atoms in total. The van der Waals surface area contributed by atoms with E-state index in [2.05, 4.69) is 53.1 Å². The fourth-order valence-corrected chi connectivity index (χ4v) is 5.57. The van der Waals surface area contributed by atoms with E-state index in [0.717, 1.165) is 0 Å². The molecule has 0 radical (unpaired) electrons. The highest BCUT2D eigenvalue weighted by atomic mass is 79.9. The van der Waals surface area contributed by atoms with Gasteiger partial charge in [-0.2, -0.15) is 0 Å². The van der Waals surface area contributed by atoms with Crippen molar-refractivity contribution in [2.75, 3.05) is 14.2 Å². The number of nitrogens with one attached hydrogen (secondary N) is 4. The largest absolute Gasteiger partial charge is 0.503 e. The van der Waals surface area contributed by atoms with Crippen molar-refractivity contribution in [3.63, 3.8) is 0 Å². The van der Waals surface area contributed by atoms with E-state index in [1.54, 1.807) is 38.1 Å². The van der Waals surface area contributed by atoms with Gasteiger partial charge in [-0.1, -0.05) is 0 Å². The number of ether oxygens (including phenoxy) is 2. The van der Waals surface area contributed by atoms with E-state index in [-0.39, 0.29) is 46.6 Å². The Balaban J connectivity index is 0.000000230. The van der Waals surface area contributed by atoms with Crippen LogP contribution >= 0.6 is 31.9 Å². The van der Waals surface area contributed by atoms with E-state index in [1.807, 2.05) is 0 Å². The van der Waals surface area contributed by atoms with Crippen LogP contribution < -0.4 is 30.7 Å². The average Bonchev–Trinajstić information content (AvgIpc) is 2.90. The van der Waals surface area contributed by atoms with Crippen LogP contribution in [0.2, 0.25) is 0 Å². The number of halogens is 2. The van der Waals surface area contributed by atoms with E-state index >= 15 is 0 Å². The molecule has 224 valence electrons. The third-order valence-corrected chi connectivity index (χ3v) is 7.71. The molecular formula is C28H30Br2N4O8. The van der Waals surface area contributed by atoms with Crippen LogP contribution in [0.25, 0.3) is 0 Å². The molecule has 2 aliphatic heterocycles. The average molecular weight is 710 g/mol. The summed E-state index contributed by atoms with van der Waals surface area (Å²) in [6.07, 6.45) is 0. The lowest BCUT2D eigenvalue weighted by atomic mass is 9.93. The zero-order chi connectivity index (χ0) is 31.5. The lowest BCUT2D eigenvalue weighted by Gasteiger charge is -2.28. The number of rotatable bonds is 6. The second kappa shape index (κ2) is 13.3. The molecule has 2 aliphatic rings. The molecule has 6 N–H and O–H groups in total. The Bertz CT molecular complexity index is 1420. The number of benzene rings is 2. The fourth-order valence-electron chi connectivity index (χ4n) is 4.65. The number of hydrogen-bond donors (Lipinski definition) is 6. The van der Waals surface area contributed by atoms with Crippen molar-refractivity contribution in [2.24, 2.45) is 0 Å². The Kier molecular flexibility index (Phi) is 10.3. The van der Waals surface area contributed by atoms with Gasteiger partial charge in [-0.25, -0.2) is 9.59 Å².